The Bertz CT molecular complexity index is 567. The second-order valence-corrected chi connectivity index (χ2v) is 4.02. The fraction of sp³-hybridized carbons (Fsp3) is 0.286. The molecular formula is C14H16N2O2. The van der Waals surface area contributed by atoms with Gasteiger partial charge in [-0.1, -0.05) is 6.07 Å². The Morgan fingerprint density at radius 2 is 2.22 bits per heavy atom. The lowest BCUT2D eigenvalue weighted by atomic mass is 10.1. The van der Waals surface area contributed by atoms with Crippen LogP contribution in [-0.2, 0) is 4.79 Å². The molecule has 0 radical (unpaired) electrons. The lowest BCUT2D eigenvalue weighted by molar-refractivity contribution is -0.122. The molecule has 18 heavy (non-hydrogen) atoms. The highest BCUT2D eigenvalue weighted by Gasteiger charge is 2.07. The molecule has 1 N–H and O–H groups in total. The molecule has 4 heteroatoms. The molecule has 4 nitrogen and oxygen atoms in total. The predicted molar refractivity (Wildman–Crippen MR) is 70.7 cm³/mol. The van der Waals surface area contributed by atoms with Crippen molar-refractivity contribution in [3.8, 4) is 5.75 Å². The van der Waals surface area contributed by atoms with Crippen molar-refractivity contribution in [2.45, 2.75) is 13.8 Å². The van der Waals surface area contributed by atoms with Gasteiger partial charge in [0.25, 0.3) is 5.91 Å². The van der Waals surface area contributed by atoms with Crippen molar-refractivity contribution in [1.82, 2.24) is 10.3 Å². The third kappa shape index (κ3) is 2.59. The summed E-state index contributed by atoms with van der Waals surface area (Å²) in [5, 5.41) is 3.63. The van der Waals surface area contributed by atoms with Gasteiger partial charge in [-0.05, 0) is 37.6 Å². The quantitative estimate of drug-likeness (QED) is 0.895. The van der Waals surface area contributed by atoms with Crippen LogP contribution in [0.25, 0.3) is 10.9 Å². The lowest BCUT2D eigenvalue weighted by Gasteiger charge is -2.10. The first-order valence-electron chi connectivity index (χ1n) is 5.96. The summed E-state index contributed by atoms with van der Waals surface area (Å²) < 4.78 is 5.54. The van der Waals surface area contributed by atoms with Crippen molar-refractivity contribution >= 4 is 16.8 Å². The number of carbonyl (C=O) groups excluding carboxylic acids is 1. The molecule has 2 aromatic rings. The molecule has 1 amide bonds. The molecule has 0 fully saturated rings. The number of nitrogens with zero attached hydrogens (tertiary/aromatic N) is 1. The van der Waals surface area contributed by atoms with Crippen molar-refractivity contribution in [1.29, 1.82) is 0 Å². The predicted octanol–water partition coefficient (Wildman–Crippen LogP) is 2.06. The van der Waals surface area contributed by atoms with E-state index in [0.717, 1.165) is 16.5 Å². The Morgan fingerprint density at radius 3 is 3.00 bits per heavy atom. The monoisotopic (exact) mass is 244 g/mol. The minimum Gasteiger partial charge on any atom is -0.483 e. The number of aromatic nitrogens is 1. The number of aryl methyl sites for hydroxylation is 1. The van der Waals surface area contributed by atoms with E-state index in [4.69, 9.17) is 4.74 Å². The van der Waals surface area contributed by atoms with Gasteiger partial charge in [-0.15, -0.1) is 0 Å². The standard InChI is InChI=1S/C14H16N2O2/c1-3-15-13(17)9-18-12-7-6-10(2)14-11(12)5-4-8-16-14/h4-8H,3,9H2,1-2H3,(H,15,17). The van der Waals surface area contributed by atoms with Crippen LogP contribution in [-0.4, -0.2) is 24.0 Å². The second-order valence-electron chi connectivity index (χ2n) is 4.02. The average Bonchev–Trinajstić information content (AvgIpc) is 2.39. The first-order chi connectivity index (χ1) is 8.72. The van der Waals surface area contributed by atoms with Crippen LogP contribution in [0, 0.1) is 6.92 Å². The molecule has 0 unspecified atom stereocenters. The lowest BCUT2D eigenvalue weighted by Crippen LogP contribution is -2.28. The van der Waals surface area contributed by atoms with Crippen molar-refractivity contribution in [2.75, 3.05) is 13.2 Å². The third-order valence-corrected chi connectivity index (χ3v) is 2.66. The van der Waals surface area contributed by atoms with Crippen LogP contribution in [0.1, 0.15) is 12.5 Å². The Morgan fingerprint density at radius 1 is 1.39 bits per heavy atom. The van der Waals surface area contributed by atoms with Gasteiger partial charge in [-0.2, -0.15) is 0 Å². The molecule has 0 aliphatic heterocycles. The number of ether oxygens (including phenoxy) is 1. The Labute approximate surface area is 106 Å². The molecule has 0 saturated carbocycles. The first-order valence-corrected chi connectivity index (χ1v) is 5.96. The van der Waals surface area contributed by atoms with Crippen molar-refractivity contribution in [2.24, 2.45) is 0 Å². The van der Waals surface area contributed by atoms with E-state index in [1.165, 1.54) is 0 Å². The summed E-state index contributed by atoms with van der Waals surface area (Å²) >= 11 is 0. The number of likely N-dealkylation sites (N-methyl/N-ethyl adjacent to an activating group) is 1. The minimum absolute atomic E-state index is 0.0287. The highest BCUT2D eigenvalue weighted by atomic mass is 16.5. The molecule has 0 aliphatic carbocycles. The number of fused-ring (bicyclic) bond motifs is 1. The molecule has 0 atom stereocenters. The van der Waals surface area contributed by atoms with E-state index in [0.29, 0.717) is 12.3 Å². The second kappa shape index (κ2) is 5.49. The highest BCUT2D eigenvalue weighted by Crippen LogP contribution is 2.26. The van der Waals surface area contributed by atoms with Gasteiger partial charge in [0, 0.05) is 18.1 Å². The molecule has 0 saturated heterocycles. The maximum absolute atomic E-state index is 11.4. The van der Waals surface area contributed by atoms with Gasteiger partial charge in [0.2, 0.25) is 0 Å². The summed E-state index contributed by atoms with van der Waals surface area (Å²) in [6, 6.07) is 7.63. The summed E-state index contributed by atoms with van der Waals surface area (Å²) in [5.41, 5.74) is 2.00. The van der Waals surface area contributed by atoms with E-state index in [9.17, 15) is 4.79 Å². The minimum atomic E-state index is -0.116. The summed E-state index contributed by atoms with van der Waals surface area (Å²) in [7, 11) is 0. The zero-order valence-corrected chi connectivity index (χ0v) is 10.6. The van der Waals surface area contributed by atoms with Crippen molar-refractivity contribution in [3.63, 3.8) is 0 Å². The number of rotatable bonds is 4. The molecule has 0 aliphatic rings. The molecule has 1 aromatic carbocycles. The summed E-state index contributed by atoms with van der Waals surface area (Å²) in [6.07, 6.45) is 1.75. The number of hydrogen-bond donors (Lipinski definition) is 1. The highest BCUT2D eigenvalue weighted by molar-refractivity contribution is 5.88. The van der Waals surface area contributed by atoms with E-state index in [1.54, 1.807) is 6.20 Å². The van der Waals surface area contributed by atoms with E-state index < -0.39 is 0 Å². The number of amides is 1. The summed E-state index contributed by atoms with van der Waals surface area (Å²) in [4.78, 5) is 15.7. The molecular weight excluding hydrogens is 228 g/mol. The number of carbonyl (C=O) groups is 1. The van der Waals surface area contributed by atoms with E-state index >= 15 is 0 Å². The zero-order chi connectivity index (χ0) is 13.0. The fourth-order valence-electron chi connectivity index (χ4n) is 1.81. The van der Waals surface area contributed by atoms with Gasteiger partial charge in [-0.25, -0.2) is 0 Å². The molecule has 94 valence electrons. The van der Waals surface area contributed by atoms with Gasteiger partial charge in [0.1, 0.15) is 5.75 Å². The Kier molecular flexibility index (Phi) is 3.77. The normalized spacial score (nSPS) is 10.3. The topological polar surface area (TPSA) is 51.2 Å². The van der Waals surface area contributed by atoms with Crippen molar-refractivity contribution < 1.29 is 9.53 Å². The molecule has 1 aromatic heterocycles. The van der Waals surface area contributed by atoms with Crippen LogP contribution in [0.15, 0.2) is 30.5 Å². The van der Waals surface area contributed by atoms with Crippen LogP contribution >= 0.6 is 0 Å². The maximum Gasteiger partial charge on any atom is 0.257 e. The summed E-state index contributed by atoms with van der Waals surface area (Å²) in [5.74, 6) is 0.574. The molecule has 1 heterocycles. The van der Waals surface area contributed by atoms with Crippen LogP contribution in [0.5, 0.6) is 5.75 Å². The molecule has 0 bridgehead atoms. The molecule has 0 spiro atoms. The zero-order valence-electron chi connectivity index (χ0n) is 10.6. The first kappa shape index (κ1) is 12.4. The third-order valence-electron chi connectivity index (χ3n) is 2.66. The number of pyridine rings is 1. The van der Waals surface area contributed by atoms with E-state index in [2.05, 4.69) is 10.3 Å². The number of nitrogens with one attached hydrogen (secondary N) is 1. The van der Waals surface area contributed by atoms with Gasteiger partial charge in [0.15, 0.2) is 6.61 Å². The van der Waals surface area contributed by atoms with Crippen LogP contribution in [0.4, 0.5) is 0 Å². The van der Waals surface area contributed by atoms with Gasteiger partial charge < -0.3 is 10.1 Å². The van der Waals surface area contributed by atoms with Gasteiger partial charge >= 0.3 is 0 Å². The van der Waals surface area contributed by atoms with Gasteiger partial charge in [-0.3, -0.25) is 9.78 Å². The van der Waals surface area contributed by atoms with E-state index in [1.807, 2.05) is 38.1 Å². The maximum atomic E-state index is 11.4. The largest absolute Gasteiger partial charge is 0.483 e. The van der Waals surface area contributed by atoms with E-state index in [-0.39, 0.29) is 12.5 Å². The fourth-order valence-corrected chi connectivity index (χ4v) is 1.81. The molecule has 2 rings (SSSR count). The Hall–Kier alpha value is -2.10. The van der Waals surface area contributed by atoms with Crippen molar-refractivity contribution in [3.05, 3.63) is 36.0 Å². The van der Waals surface area contributed by atoms with Crippen LogP contribution < -0.4 is 10.1 Å². The Balaban J connectivity index is 2.24. The SMILES string of the molecule is CCNC(=O)COc1ccc(C)c2ncccc12. The number of hydrogen-bond acceptors (Lipinski definition) is 3. The van der Waals surface area contributed by atoms with Crippen LogP contribution in [0.2, 0.25) is 0 Å². The van der Waals surface area contributed by atoms with Gasteiger partial charge in [0.05, 0.1) is 5.52 Å². The summed E-state index contributed by atoms with van der Waals surface area (Å²) in [6.45, 7) is 4.52. The smallest absolute Gasteiger partial charge is 0.257 e. The number of benzene rings is 1. The average molecular weight is 244 g/mol. The van der Waals surface area contributed by atoms with Crippen LogP contribution in [0.3, 0.4) is 0 Å².